The van der Waals surface area contributed by atoms with Crippen LogP contribution in [0.5, 0.6) is 0 Å². The summed E-state index contributed by atoms with van der Waals surface area (Å²) >= 11 is 7.28. The molecule has 0 aliphatic carbocycles. The summed E-state index contributed by atoms with van der Waals surface area (Å²) in [7, 11) is 3.62. The van der Waals surface area contributed by atoms with Gasteiger partial charge in [0.15, 0.2) is 10.6 Å². The molecule has 0 aromatic carbocycles. The van der Waals surface area contributed by atoms with Crippen LogP contribution in [0.4, 0.5) is 0 Å². The Labute approximate surface area is 151 Å². The normalized spacial score (nSPS) is 18.2. The molecule has 1 saturated heterocycles. The molecule has 1 unspecified atom stereocenters. The third kappa shape index (κ3) is 3.18. The smallest absolute Gasteiger partial charge is 0.239 e. The molecule has 1 amide bonds. The molecule has 130 valence electrons. The maximum absolute atomic E-state index is 12.4. The Morgan fingerprint density at radius 3 is 2.92 bits per heavy atom. The van der Waals surface area contributed by atoms with Crippen molar-refractivity contribution in [2.24, 2.45) is 0 Å². The van der Waals surface area contributed by atoms with Gasteiger partial charge in [0.1, 0.15) is 0 Å². The van der Waals surface area contributed by atoms with E-state index in [0.717, 1.165) is 36.6 Å². The zero-order chi connectivity index (χ0) is 17.3. The lowest BCUT2D eigenvalue weighted by Gasteiger charge is -2.25. The van der Waals surface area contributed by atoms with Gasteiger partial charge in [-0.25, -0.2) is 4.68 Å². The fraction of sp³-hybridized carbons (Fsp3) is 0.562. The molecule has 6 nitrogen and oxygen atoms in total. The van der Waals surface area contributed by atoms with Crippen LogP contribution >= 0.6 is 23.6 Å². The zero-order valence-electron chi connectivity index (χ0n) is 14.3. The maximum atomic E-state index is 12.4. The number of hydrogen-bond acceptors (Lipinski definition) is 5. The van der Waals surface area contributed by atoms with Gasteiger partial charge in [0, 0.05) is 27.2 Å². The summed E-state index contributed by atoms with van der Waals surface area (Å²) in [5.41, 5.74) is 0. The first kappa shape index (κ1) is 17.3. The van der Waals surface area contributed by atoms with Crippen LogP contribution in [0.1, 0.15) is 19.8 Å². The van der Waals surface area contributed by atoms with Crippen LogP contribution in [0.3, 0.4) is 0 Å². The van der Waals surface area contributed by atoms with Gasteiger partial charge in [0.2, 0.25) is 5.91 Å². The summed E-state index contributed by atoms with van der Waals surface area (Å²) in [6.45, 7) is 4.33. The minimum atomic E-state index is -0.0705. The van der Waals surface area contributed by atoms with E-state index in [1.165, 1.54) is 0 Å². The lowest BCUT2D eigenvalue weighted by atomic mass is 10.2. The molecule has 1 aliphatic heterocycles. The van der Waals surface area contributed by atoms with Crippen LogP contribution in [0, 0.1) is 4.77 Å². The number of hydrogen-bond donors (Lipinski definition) is 0. The Balaban J connectivity index is 1.88. The molecule has 0 N–H and O–H groups in total. The Morgan fingerprint density at radius 2 is 2.29 bits per heavy atom. The first-order chi connectivity index (χ1) is 11.5. The second-order valence-corrected chi connectivity index (χ2v) is 7.48. The third-order valence-corrected chi connectivity index (χ3v) is 5.68. The summed E-state index contributed by atoms with van der Waals surface area (Å²) < 4.78 is 4.62. The van der Waals surface area contributed by atoms with Crippen molar-refractivity contribution >= 4 is 29.5 Å². The summed E-state index contributed by atoms with van der Waals surface area (Å²) in [6.07, 6.45) is 1.93. The number of nitrogens with zero attached hydrogens (tertiary/aromatic N) is 5. The quantitative estimate of drug-likeness (QED) is 0.765. The molecule has 0 bridgehead atoms. The van der Waals surface area contributed by atoms with Gasteiger partial charge in [0.25, 0.3) is 0 Å². The first-order valence-corrected chi connectivity index (χ1v) is 9.48. The number of likely N-dealkylation sites (tertiary alicyclic amines) is 1. The van der Waals surface area contributed by atoms with E-state index in [4.69, 9.17) is 17.3 Å². The van der Waals surface area contributed by atoms with Gasteiger partial charge in [-0.15, -0.1) is 16.4 Å². The van der Waals surface area contributed by atoms with Gasteiger partial charge in [-0.1, -0.05) is 6.07 Å². The summed E-state index contributed by atoms with van der Waals surface area (Å²) in [4.78, 5) is 17.3. The second-order valence-electron chi connectivity index (χ2n) is 6.17. The van der Waals surface area contributed by atoms with Crippen molar-refractivity contribution in [1.29, 1.82) is 0 Å². The maximum Gasteiger partial charge on any atom is 0.239 e. The number of carbonyl (C=O) groups excluding carboxylic acids is 1. The summed E-state index contributed by atoms with van der Waals surface area (Å²) in [5, 5.41) is 6.79. The van der Waals surface area contributed by atoms with Crippen LogP contribution in [-0.4, -0.2) is 56.7 Å². The second kappa shape index (κ2) is 7.16. The number of carbonyl (C=O) groups is 1. The predicted molar refractivity (Wildman–Crippen MR) is 98.5 cm³/mol. The van der Waals surface area contributed by atoms with Crippen molar-refractivity contribution in [3.8, 4) is 10.7 Å². The van der Waals surface area contributed by atoms with Crippen molar-refractivity contribution in [3.63, 3.8) is 0 Å². The molecule has 2 aromatic rings. The molecule has 0 spiro atoms. The molecular weight excluding hydrogens is 342 g/mol. The lowest BCUT2D eigenvalue weighted by Crippen LogP contribution is -2.43. The number of rotatable bonds is 5. The van der Waals surface area contributed by atoms with E-state index >= 15 is 0 Å². The Kier molecular flexibility index (Phi) is 5.17. The highest BCUT2D eigenvalue weighted by atomic mass is 32.1. The van der Waals surface area contributed by atoms with Crippen LogP contribution < -0.4 is 0 Å². The monoisotopic (exact) mass is 365 g/mol. The van der Waals surface area contributed by atoms with Crippen molar-refractivity contribution in [3.05, 3.63) is 22.3 Å². The Hall–Kier alpha value is -1.51. The highest BCUT2D eigenvalue weighted by Crippen LogP contribution is 2.25. The molecule has 3 rings (SSSR count). The molecular formula is C16H23N5OS2. The van der Waals surface area contributed by atoms with Crippen LogP contribution in [-0.2, 0) is 18.0 Å². The fourth-order valence-electron chi connectivity index (χ4n) is 3.15. The molecule has 1 fully saturated rings. The molecule has 0 saturated carbocycles. The number of aromatic nitrogens is 3. The number of amides is 1. The van der Waals surface area contributed by atoms with Crippen LogP contribution in [0.2, 0.25) is 0 Å². The highest BCUT2D eigenvalue weighted by Gasteiger charge is 2.32. The Bertz CT molecular complexity index is 762. The molecule has 1 atom stereocenters. The van der Waals surface area contributed by atoms with Gasteiger partial charge in [-0.05, 0) is 43.4 Å². The Morgan fingerprint density at radius 1 is 1.50 bits per heavy atom. The van der Waals surface area contributed by atoms with E-state index in [0.29, 0.717) is 11.4 Å². The largest absolute Gasteiger partial charge is 0.347 e. The topological polar surface area (TPSA) is 46.3 Å². The van der Waals surface area contributed by atoms with Crippen LogP contribution in [0.25, 0.3) is 10.7 Å². The predicted octanol–water partition coefficient (Wildman–Crippen LogP) is 2.67. The standard InChI is InChI=1S/C16H23N5OS2/c1-4-20-14(13-8-6-10-24-13)17-21(16(20)23)11-19-9-5-7-12(19)15(22)18(2)3/h6,8,10,12H,4-5,7,9,11H2,1-3H3. The van der Waals surface area contributed by atoms with E-state index in [1.54, 1.807) is 16.2 Å². The molecule has 24 heavy (non-hydrogen) atoms. The highest BCUT2D eigenvalue weighted by molar-refractivity contribution is 7.71. The molecule has 3 heterocycles. The van der Waals surface area contributed by atoms with E-state index in [-0.39, 0.29) is 11.9 Å². The van der Waals surface area contributed by atoms with Crippen LogP contribution in [0.15, 0.2) is 17.5 Å². The van der Waals surface area contributed by atoms with Crippen molar-refractivity contribution in [2.45, 2.75) is 39.0 Å². The van der Waals surface area contributed by atoms with Gasteiger partial charge < -0.3 is 4.90 Å². The van der Waals surface area contributed by atoms with Gasteiger partial charge in [-0.2, -0.15) is 0 Å². The summed E-state index contributed by atoms with van der Waals surface area (Å²) in [6, 6.07) is 4.01. The molecule has 0 radical (unpaired) electrons. The van der Waals surface area contributed by atoms with E-state index in [1.807, 2.05) is 30.2 Å². The fourth-order valence-corrected chi connectivity index (χ4v) is 4.18. The van der Waals surface area contributed by atoms with E-state index in [2.05, 4.69) is 22.5 Å². The van der Waals surface area contributed by atoms with Gasteiger partial charge >= 0.3 is 0 Å². The van der Waals surface area contributed by atoms with Gasteiger partial charge in [-0.3, -0.25) is 14.3 Å². The molecule has 8 heteroatoms. The third-order valence-electron chi connectivity index (χ3n) is 4.39. The molecule has 1 aliphatic rings. The first-order valence-electron chi connectivity index (χ1n) is 8.19. The SMILES string of the molecule is CCn1c(-c2cccs2)nn(CN2CCCC2C(=O)N(C)C)c1=S. The minimum absolute atomic E-state index is 0.0705. The van der Waals surface area contributed by atoms with E-state index < -0.39 is 0 Å². The number of thiophene rings is 1. The zero-order valence-corrected chi connectivity index (χ0v) is 15.9. The average molecular weight is 366 g/mol. The van der Waals surface area contributed by atoms with Gasteiger partial charge in [0.05, 0.1) is 17.6 Å². The average Bonchev–Trinajstić information content (AvgIpc) is 3.28. The minimum Gasteiger partial charge on any atom is -0.347 e. The molecule has 2 aromatic heterocycles. The van der Waals surface area contributed by atoms with Crippen molar-refractivity contribution in [2.75, 3.05) is 20.6 Å². The summed E-state index contributed by atoms with van der Waals surface area (Å²) in [5.74, 6) is 1.07. The van der Waals surface area contributed by atoms with Crippen molar-refractivity contribution in [1.82, 2.24) is 24.1 Å². The van der Waals surface area contributed by atoms with Crippen molar-refractivity contribution < 1.29 is 4.79 Å². The lowest BCUT2D eigenvalue weighted by molar-refractivity contribution is -0.134. The van der Waals surface area contributed by atoms with E-state index in [9.17, 15) is 4.79 Å². The number of likely N-dealkylation sites (N-methyl/N-ethyl adjacent to an activating group) is 1.